The first-order valence-corrected chi connectivity index (χ1v) is 4.37. The van der Waals surface area contributed by atoms with Gasteiger partial charge in [0.2, 0.25) is 0 Å². The number of carbonyl (C=O) groups is 1. The van der Waals surface area contributed by atoms with E-state index in [-0.39, 0.29) is 17.9 Å². The van der Waals surface area contributed by atoms with Gasteiger partial charge in [0.1, 0.15) is 12.4 Å². The van der Waals surface area contributed by atoms with Gasteiger partial charge < -0.3 is 15.2 Å². The Morgan fingerprint density at radius 1 is 1.47 bits per heavy atom. The molecule has 0 aliphatic heterocycles. The van der Waals surface area contributed by atoms with Crippen LogP contribution < -0.4 is 5.73 Å². The Kier molecular flexibility index (Phi) is 4.05. The quantitative estimate of drug-likeness (QED) is 0.464. The fourth-order valence-electron chi connectivity index (χ4n) is 1.01. The van der Waals surface area contributed by atoms with Crippen molar-refractivity contribution in [2.45, 2.75) is 0 Å². The van der Waals surface area contributed by atoms with Gasteiger partial charge in [-0.3, -0.25) is 0 Å². The highest BCUT2D eigenvalue weighted by Gasteiger charge is 2.13. The highest BCUT2D eigenvalue weighted by Crippen LogP contribution is 2.16. The van der Waals surface area contributed by atoms with Crippen LogP contribution in [0.3, 0.4) is 0 Å². The largest absolute Gasteiger partial charge is 0.460 e. The molecular formula is C10H12FNO3. The molecule has 0 spiro atoms. The molecule has 0 unspecified atom stereocenters. The topological polar surface area (TPSA) is 61.5 Å². The summed E-state index contributed by atoms with van der Waals surface area (Å²) in [5, 5.41) is 0. The minimum absolute atomic E-state index is 0.0334. The van der Waals surface area contributed by atoms with Crippen molar-refractivity contribution in [1.29, 1.82) is 0 Å². The van der Waals surface area contributed by atoms with E-state index in [9.17, 15) is 9.18 Å². The molecule has 5 heteroatoms. The molecule has 0 aliphatic rings. The summed E-state index contributed by atoms with van der Waals surface area (Å²) >= 11 is 0. The van der Waals surface area contributed by atoms with Crippen LogP contribution in [0.2, 0.25) is 0 Å². The summed E-state index contributed by atoms with van der Waals surface area (Å²) in [7, 11) is 1.49. The first-order valence-electron chi connectivity index (χ1n) is 4.37. The fourth-order valence-corrected chi connectivity index (χ4v) is 1.01. The van der Waals surface area contributed by atoms with E-state index in [1.165, 1.54) is 25.3 Å². The van der Waals surface area contributed by atoms with Gasteiger partial charge in [-0.25, -0.2) is 9.18 Å². The van der Waals surface area contributed by atoms with Gasteiger partial charge in [-0.1, -0.05) is 6.07 Å². The van der Waals surface area contributed by atoms with E-state index >= 15 is 0 Å². The van der Waals surface area contributed by atoms with Crippen molar-refractivity contribution in [3.05, 3.63) is 29.6 Å². The van der Waals surface area contributed by atoms with Crippen molar-refractivity contribution in [1.82, 2.24) is 0 Å². The molecule has 82 valence electrons. The van der Waals surface area contributed by atoms with E-state index in [0.29, 0.717) is 6.61 Å². The zero-order chi connectivity index (χ0) is 11.3. The maximum absolute atomic E-state index is 13.0. The lowest BCUT2D eigenvalue weighted by molar-refractivity contribution is 0.0389. The van der Waals surface area contributed by atoms with Gasteiger partial charge in [0.15, 0.2) is 0 Å². The third kappa shape index (κ3) is 2.92. The molecule has 1 aromatic carbocycles. The molecule has 1 aromatic rings. The van der Waals surface area contributed by atoms with E-state index < -0.39 is 11.8 Å². The van der Waals surface area contributed by atoms with Crippen LogP contribution in [0.1, 0.15) is 10.4 Å². The van der Waals surface area contributed by atoms with Crippen molar-refractivity contribution in [3.8, 4) is 0 Å². The van der Waals surface area contributed by atoms with Gasteiger partial charge in [0.05, 0.1) is 17.9 Å². The highest BCUT2D eigenvalue weighted by molar-refractivity contribution is 5.95. The third-order valence-electron chi connectivity index (χ3n) is 1.79. The van der Waals surface area contributed by atoms with E-state index in [0.717, 1.165) is 0 Å². The first kappa shape index (κ1) is 11.5. The number of ether oxygens (including phenoxy) is 2. The Bertz CT molecular complexity index is 355. The maximum atomic E-state index is 13.0. The molecule has 0 bridgehead atoms. The van der Waals surface area contributed by atoms with Crippen molar-refractivity contribution in [3.63, 3.8) is 0 Å². The van der Waals surface area contributed by atoms with Crippen molar-refractivity contribution < 1.29 is 18.7 Å². The molecule has 0 heterocycles. The summed E-state index contributed by atoms with van der Waals surface area (Å²) in [6.07, 6.45) is 0. The zero-order valence-corrected chi connectivity index (χ0v) is 8.33. The van der Waals surface area contributed by atoms with Crippen LogP contribution in [-0.4, -0.2) is 26.3 Å². The summed E-state index contributed by atoms with van der Waals surface area (Å²) < 4.78 is 22.5. The van der Waals surface area contributed by atoms with E-state index in [4.69, 9.17) is 15.2 Å². The Hall–Kier alpha value is -1.62. The predicted octanol–water partition coefficient (Wildman–Crippen LogP) is 1.21. The Balaban J connectivity index is 2.69. The fraction of sp³-hybridized carbons (Fsp3) is 0.300. The highest BCUT2D eigenvalue weighted by atomic mass is 19.1. The summed E-state index contributed by atoms with van der Waals surface area (Å²) in [6.45, 7) is 0.409. The number of methoxy groups -OCH3 is 1. The number of halogens is 1. The third-order valence-corrected chi connectivity index (χ3v) is 1.79. The molecule has 0 aromatic heterocycles. The van der Waals surface area contributed by atoms with E-state index in [2.05, 4.69) is 0 Å². The number of para-hydroxylation sites is 1. The number of hydrogen-bond acceptors (Lipinski definition) is 4. The Labute approximate surface area is 86.8 Å². The minimum Gasteiger partial charge on any atom is -0.460 e. The SMILES string of the molecule is COCCOC(=O)c1cccc(F)c1N. The van der Waals surface area contributed by atoms with Crippen LogP contribution in [0.15, 0.2) is 18.2 Å². The molecule has 1 rings (SSSR count). The average molecular weight is 213 g/mol. The van der Waals surface area contributed by atoms with Crippen molar-refractivity contribution >= 4 is 11.7 Å². The number of benzene rings is 1. The van der Waals surface area contributed by atoms with Crippen LogP contribution in [0, 0.1) is 5.82 Å². The van der Waals surface area contributed by atoms with Gasteiger partial charge in [0, 0.05) is 7.11 Å². The molecule has 0 radical (unpaired) electrons. The van der Waals surface area contributed by atoms with E-state index in [1.54, 1.807) is 0 Å². The second-order valence-corrected chi connectivity index (χ2v) is 2.83. The van der Waals surface area contributed by atoms with Crippen molar-refractivity contribution in [2.24, 2.45) is 0 Å². The number of hydrogen-bond donors (Lipinski definition) is 1. The molecule has 0 atom stereocenters. The van der Waals surface area contributed by atoms with Crippen LogP contribution in [0.25, 0.3) is 0 Å². The second-order valence-electron chi connectivity index (χ2n) is 2.83. The van der Waals surface area contributed by atoms with Crippen LogP contribution in [0.5, 0.6) is 0 Å². The number of rotatable bonds is 4. The summed E-state index contributed by atoms with van der Waals surface area (Å²) in [6, 6.07) is 3.99. The summed E-state index contributed by atoms with van der Waals surface area (Å²) in [5.74, 6) is -1.28. The van der Waals surface area contributed by atoms with Crippen LogP contribution in [-0.2, 0) is 9.47 Å². The Morgan fingerprint density at radius 3 is 2.87 bits per heavy atom. The molecule has 0 aliphatic carbocycles. The van der Waals surface area contributed by atoms with Gasteiger partial charge in [-0.2, -0.15) is 0 Å². The molecule has 2 N–H and O–H groups in total. The molecule has 0 fully saturated rings. The van der Waals surface area contributed by atoms with Gasteiger partial charge in [-0.05, 0) is 12.1 Å². The van der Waals surface area contributed by atoms with E-state index in [1.807, 2.05) is 0 Å². The number of nitrogen functional groups attached to an aromatic ring is 1. The normalized spacial score (nSPS) is 10.0. The summed E-state index contributed by atoms with van der Waals surface area (Å²) in [4.78, 5) is 11.4. The lowest BCUT2D eigenvalue weighted by atomic mass is 10.2. The molecule has 15 heavy (non-hydrogen) atoms. The number of esters is 1. The smallest absolute Gasteiger partial charge is 0.340 e. The summed E-state index contributed by atoms with van der Waals surface area (Å²) in [5.41, 5.74) is 5.22. The lowest BCUT2D eigenvalue weighted by Gasteiger charge is -2.06. The average Bonchev–Trinajstić information content (AvgIpc) is 2.22. The lowest BCUT2D eigenvalue weighted by Crippen LogP contribution is -2.12. The molecule has 0 amide bonds. The predicted molar refractivity (Wildman–Crippen MR) is 53.0 cm³/mol. The maximum Gasteiger partial charge on any atom is 0.340 e. The first-order chi connectivity index (χ1) is 7.16. The van der Waals surface area contributed by atoms with Gasteiger partial charge in [0.25, 0.3) is 0 Å². The number of anilines is 1. The van der Waals surface area contributed by atoms with Gasteiger partial charge in [-0.15, -0.1) is 0 Å². The number of carbonyl (C=O) groups excluding carboxylic acids is 1. The van der Waals surface area contributed by atoms with Crippen molar-refractivity contribution in [2.75, 3.05) is 26.1 Å². The molecule has 4 nitrogen and oxygen atoms in total. The van der Waals surface area contributed by atoms with Crippen LogP contribution in [0.4, 0.5) is 10.1 Å². The zero-order valence-electron chi connectivity index (χ0n) is 8.33. The Morgan fingerprint density at radius 2 is 2.20 bits per heavy atom. The number of nitrogens with two attached hydrogens (primary N) is 1. The standard InChI is InChI=1S/C10H12FNO3/c1-14-5-6-15-10(13)7-3-2-4-8(11)9(7)12/h2-4H,5-6,12H2,1H3. The molecule has 0 saturated carbocycles. The monoisotopic (exact) mass is 213 g/mol. The van der Waals surface area contributed by atoms with Gasteiger partial charge >= 0.3 is 5.97 Å². The second kappa shape index (κ2) is 5.31. The molecule has 0 saturated heterocycles. The molecular weight excluding hydrogens is 201 g/mol. The van der Waals surface area contributed by atoms with Crippen LogP contribution >= 0.6 is 0 Å². The minimum atomic E-state index is -0.649.